The maximum Gasteiger partial charge on any atom is 0.264 e. The molecule has 0 saturated carbocycles. The lowest BCUT2D eigenvalue weighted by atomic mass is 10.00. The number of hydrogen-bond donors (Lipinski definition) is 0. The molecule has 1 amide bonds. The van der Waals surface area contributed by atoms with Crippen LogP contribution in [0.15, 0.2) is 42.0 Å². The van der Waals surface area contributed by atoms with E-state index < -0.39 is 0 Å². The minimum Gasteiger partial charge on any atom is -0.383 e. The smallest absolute Gasteiger partial charge is 0.264 e. The summed E-state index contributed by atoms with van der Waals surface area (Å²) in [6.07, 6.45) is 3.79. The van der Waals surface area contributed by atoms with Gasteiger partial charge in [0, 0.05) is 32.6 Å². The molecule has 6 heteroatoms. The van der Waals surface area contributed by atoms with Crippen LogP contribution in [0.4, 0.5) is 0 Å². The van der Waals surface area contributed by atoms with E-state index in [-0.39, 0.29) is 5.91 Å². The van der Waals surface area contributed by atoms with Crippen LogP contribution in [0.2, 0.25) is 0 Å². The molecule has 28 heavy (non-hydrogen) atoms. The standard InChI is InChI=1S/C22H27N3O2S/c1-16-12-17(2)19(18(3)13-16)14-24-8-7-23-21(24)15-25(9-10-27-4)22(26)20-6-5-11-28-20/h5-8,11-13H,9-10,14-15H2,1-4H3. The van der Waals surface area contributed by atoms with E-state index in [1.54, 1.807) is 13.3 Å². The van der Waals surface area contributed by atoms with Crippen molar-refractivity contribution in [1.82, 2.24) is 14.5 Å². The second-order valence-corrected chi connectivity index (χ2v) is 7.99. The van der Waals surface area contributed by atoms with Crippen LogP contribution in [0.25, 0.3) is 0 Å². The first-order chi connectivity index (χ1) is 13.5. The quantitative estimate of drug-likeness (QED) is 0.572. The lowest BCUT2D eigenvalue weighted by Gasteiger charge is -2.22. The fourth-order valence-corrected chi connectivity index (χ4v) is 4.14. The molecule has 0 spiro atoms. The summed E-state index contributed by atoms with van der Waals surface area (Å²) in [6.45, 7) is 8.65. The molecule has 5 nitrogen and oxygen atoms in total. The van der Waals surface area contributed by atoms with Crippen molar-refractivity contribution in [2.45, 2.75) is 33.9 Å². The average molecular weight is 398 g/mol. The van der Waals surface area contributed by atoms with Gasteiger partial charge >= 0.3 is 0 Å². The second-order valence-electron chi connectivity index (χ2n) is 7.05. The van der Waals surface area contributed by atoms with Crippen molar-refractivity contribution in [1.29, 1.82) is 0 Å². The number of methoxy groups -OCH3 is 1. The molecular weight excluding hydrogens is 370 g/mol. The highest BCUT2D eigenvalue weighted by Gasteiger charge is 2.19. The number of thiophene rings is 1. The third kappa shape index (κ3) is 4.69. The normalized spacial score (nSPS) is 11.0. The van der Waals surface area contributed by atoms with Gasteiger partial charge in [-0.25, -0.2) is 4.98 Å². The minimum atomic E-state index is 0.0179. The molecule has 0 fully saturated rings. The van der Waals surface area contributed by atoms with Gasteiger partial charge in [0.1, 0.15) is 5.82 Å². The van der Waals surface area contributed by atoms with Gasteiger partial charge in [-0.1, -0.05) is 23.8 Å². The largest absolute Gasteiger partial charge is 0.383 e. The van der Waals surface area contributed by atoms with E-state index in [2.05, 4.69) is 42.5 Å². The Hall–Kier alpha value is -2.44. The number of imidazole rings is 1. The Balaban J connectivity index is 1.82. The summed E-state index contributed by atoms with van der Waals surface area (Å²) in [5.74, 6) is 0.893. The highest BCUT2D eigenvalue weighted by Crippen LogP contribution is 2.19. The van der Waals surface area contributed by atoms with Crippen molar-refractivity contribution in [2.75, 3.05) is 20.3 Å². The van der Waals surface area contributed by atoms with Gasteiger partial charge in [0.25, 0.3) is 5.91 Å². The second kappa shape index (κ2) is 9.17. The Morgan fingerprint density at radius 3 is 2.64 bits per heavy atom. The van der Waals surface area contributed by atoms with Crippen LogP contribution < -0.4 is 0 Å². The first kappa shape index (κ1) is 20.3. The van der Waals surface area contributed by atoms with Gasteiger partial charge in [-0.15, -0.1) is 11.3 Å². The molecule has 0 bridgehead atoms. The Bertz CT molecular complexity index is 908. The van der Waals surface area contributed by atoms with Crippen molar-refractivity contribution in [3.63, 3.8) is 0 Å². The van der Waals surface area contributed by atoms with Gasteiger partial charge in [0.2, 0.25) is 0 Å². The van der Waals surface area contributed by atoms with Crippen molar-refractivity contribution >= 4 is 17.2 Å². The number of nitrogens with zero attached hydrogens (tertiary/aromatic N) is 3. The number of carbonyl (C=O) groups is 1. The third-order valence-corrected chi connectivity index (χ3v) is 5.75. The molecule has 0 atom stereocenters. The highest BCUT2D eigenvalue weighted by atomic mass is 32.1. The molecule has 0 aliphatic heterocycles. The van der Waals surface area contributed by atoms with Gasteiger partial charge in [-0.2, -0.15) is 0 Å². The molecule has 0 saturated heterocycles. The molecule has 3 rings (SSSR count). The van der Waals surface area contributed by atoms with Crippen LogP contribution in [-0.4, -0.2) is 40.6 Å². The van der Waals surface area contributed by atoms with E-state index in [4.69, 9.17) is 4.74 Å². The summed E-state index contributed by atoms with van der Waals surface area (Å²) in [6, 6.07) is 8.18. The van der Waals surface area contributed by atoms with Crippen LogP contribution in [0.3, 0.4) is 0 Å². The zero-order valence-electron chi connectivity index (χ0n) is 16.9. The molecule has 2 aromatic heterocycles. The number of hydrogen-bond acceptors (Lipinski definition) is 4. The molecule has 0 radical (unpaired) electrons. The van der Waals surface area contributed by atoms with Crippen molar-refractivity contribution in [3.8, 4) is 0 Å². The van der Waals surface area contributed by atoms with Crippen LogP contribution in [0, 0.1) is 20.8 Å². The molecule has 0 unspecified atom stereocenters. The number of aromatic nitrogens is 2. The molecule has 0 aliphatic carbocycles. The number of carbonyl (C=O) groups excluding carboxylic acids is 1. The van der Waals surface area contributed by atoms with Gasteiger partial charge in [0.15, 0.2) is 0 Å². The summed E-state index contributed by atoms with van der Waals surface area (Å²) in [4.78, 5) is 20.0. The van der Waals surface area contributed by atoms with E-state index in [0.29, 0.717) is 19.7 Å². The summed E-state index contributed by atoms with van der Waals surface area (Å²) in [5, 5.41) is 1.92. The first-order valence-corrected chi connectivity index (χ1v) is 10.3. The molecule has 0 N–H and O–H groups in total. The maximum atomic E-state index is 12.9. The van der Waals surface area contributed by atoms with Crippen LogP contribution in [0.1, 0.15) is 37.7 Å². The van der Waals surface area contributed by atoms with Gasteiger partial charge in [-0.3, -0.25) is 4.79 Å². The number of aryl methyl sites for hydroxylation is 3. The van der Waals surface area contributed by atoms with E-state index in [1.165, 1.54) is 33.6 Å². The number of benzene rings is 1. The zero-order valence-corrected chi connectivity index (χ0v) is 17.8. The maximum absolute atomic E-state index is 12.9. The molecule has 0 aliphatic rings. The minimum absolute atomic E-state index is 0.0179. The number of rotatable bonds is 8. The first-order valence-electron chi connectivity index (χ1n) is 9.38. The van der Waals surface area contributed by atoms with Gasteiger partial charge < -0.3 is 14.2 Å². The lowest BCUT2D eigenvalue weighted by molar-refractivity contribution is 0.0678. The fourth-order valence-electron chi connectivity index (χ4n) is 3.45. The van der Waals surface area contributed by atoms with Crippen molar-refractivity contribution < 1.29 is 9.53 Å². The van der Waals surface area contributed by atoms with Crippen LogP contribution in [-0.2, 0) is 17.8 Å². The Morgan fingerprint density at radius 1 is 1.25 bits per heavy atom. The van der Waals surface area contributed by atoms with Crippen molar-refractivity contribution in [3.05, 3.63) is 75.0 Å². The topological polar surface area (TPSA) is 47.4 Å². The Morgan fingerprint density at radius 2 is 2.00 bits per heavy atom. The van der Waals surface area contributed by atoms with E-state index in [9.17, 15) is 4.79 Å². The van der Waals surface area contributed by atoms with Crippen molar-refractivity contribution in [2.24, 2.45) is 0 Å². The summed E-state index contributed by atoms with van der Waals surface area (Å²) >= 11 is 1.46. The summed E-state index contributed by atoms with van der Waals surface area (Å²) in [5.41, 5.74) is 5.14. The van der Waals surface area contributed by atoms with Gasteiger partial charge in [0.05, 0.1) is 18.0 Å². The summed E-state index contributed by atoms with van der Waals surface area (Å²) in [7, 11) is 1.65. The SMILES string of the molecule is COCCN(Cc1nccn1Cc1c(C)cc(C)cc1C)C(=O)c1cccs1. The molecular formula is C22H27N3O2S. The van der Waals surface area contributed by atoms with Crippen LogP contribution in [0.5, 0.6) is 0 Å². The average Bonchev–Trinajstić information content (AvgIpc) is 3.33. The predicted octanol–water partition coefficient (Wildman–Crippen LogP) is 4.21. The monoisotopic (exact) mass is 397 g/mol. The number of ether oxygens (including phenoxy) is 1. The summed E-state index contributed by atoms with van der Waals surface area (Å²) < 4.78 is 7.34. The van der Waals surface area contributed by atoms with Gasteiger partial charge in [-0.05, 0) is 48.9 Å². The molecule has 148 valence electrons. The number of amides is 1. The molecule has 2 heterocycles. The molecule has 1 aromatic carbocycles. The van der Waals surface area contributed by atoms with E-state index >= 15 is 0 Å². The van der Waals surface area contributed by atoms with E-state index in [1.807, 2.05) is 28.6 Å². The third-order valence-electron chi connectivity index (χ3n) is 4.89. The fraction of sp³-hybridized carbons (Fsp3) is 0.364. The molecule has 3 aromatic rings. The Labute approximate surface area is 170 Å². The lowest BCUT2D eigenvalue weighted by Crippen LogP contribution is -2.34. The highest BCUT2D eigenvalue weighted by molar-refractivity contribution is 7.12. The van der Waals surface area contributed by atoms with E-state index in [0.717, 1.165) is 17.2 Å². The Kier molecular flexibility index (Phi) is 6.65. The predicted molar refractivity (Wildman–Crippen MR) is 113 cm³/mol. The zero-order chi connectivity index (χ0) is 20.1. The van der Waals surface area contributed by atoms with Crippen LogP contribution >= 0.6 is 11.3 Å².